The Balaban J connectivity index is 2.28. The molecule has 0 fully saturated rings. The molecular formula is C12H7BrClN3. The highest BCUT2D eigenvalue weighted by Crippen LogP contribution is 2.27. The van der Waals surface area contributed by atoms with Gasteiger partial charge in [-0.15, -0.1) is 0 Å². The van der Waals surface area contributed by atoms with Crippen molar-refractivity contribution in [2.24, 2.45) is 0 Å². The monoisotopic (exact) mass is 307 g/mol. The summed E-state index contributed by atoms with van der Waals surface area (Å²) in [5.74, 6) is 0. The van der Waals surface area contributed by atoms with Crippen LogP contribution in [0.1, 0.15) is 5.56 Å². The molecule has 3 nitrogen and oxygen atoms in total. The Kier molecular flexibility index (Phi) is 3.62. The van der Waals surface area contributed by atoms with Gasteiger partial charge in [0.1, 0.15) is 5.15 Å². The maximum absolute atomic E-state index is 8.76. The Morgan fingerprint density at radius 3 is 2.76 bits per heavy atom. The molecule has 1 aromatic heterocycles. The second-order valence-corrected chi connectivity index (χ2v) is 4.54. The number of anilines is 2. The first kappa shape index (κ1) is 11.9. The van der Waals surface area contributed by atoms with Gasteiger partial charge in [-0.05, 0) is 46.3 Å². The molecule has 1 heterocycles. The van der Waals surface area contributed by atoms with Crippen LogP contribution in [-0.4, -0.2) is 4.98 Å². The zero-order valence-corrected chi connectivity index (χ0v) is 11.0. The van der Waals surface area contributed by atoms with Crippen LogP contribution in [0.3, 0.4) is 0 Å². The second kappa shape index (κ2) is 5.17. The van der Waals surface area contributed by atoms with Gasteiger partial charge in [-0.3, -0.25) is 0 Å². The lowest BCUT2D eigenvalue weighted by Gasteiger charge is -2.08. The third-order valence-corrected chi connectivity index (χ3v) is 2.97. The summed E-state index contributed by atoms with van der Waals surface area (Å²) >= 11 is 9.19. The fraction of sp³-hybridized carbons (Fsp3) is 0. The van der Waals surface area contributed by atoms with E-state index in [0.29, 0.717) is 10.7 Å². The lowest BCUT2D eigenvalue weighted by Crippen LogP contribution is -1.92. The van der Waals surface area contributed by atoms with E-state index in [0.717, 1.165) is 15.8 Å². The highest BCUT2D eigenvalue weighted by Gasteiger charge is 2.02. The number of nitrogens with zero attached hydrogens (tertiary/aromatic N) is 2. The van der Waals surface area contributed by atoms with E-state index in [4.69, 9.17) is 16.9 Å². The van der Waals surface area contributed by atoms with Gasteiger partial charge in [0.05, 0.1) is 17.3 Å². The number of halogens is 2. The Hall–Kier alpha value is -1.57. The minimum atomic E-state index is 0.430. The largest absolute Gasteiger partial charge is 0.354 e. The van der Waals surface area contributed by atoms with Gasteiger partial charge in [-0.2, -0.15) is 5.26 Å². The van der Waals surface area contributed by atoms with Gasteiger partial charge in [0, 0.05) is 16.4 Å². The number of hydrogen-bond donors (Lipinski definition) is 1. The van der Waals surface area contributed by atoms with Crippen LogP contribution in [0.5, 0.6) is 0 Å². The molecule has 0 aliphatic rings. The zero-order chi connectivity index (χ0) is 12.3. The molecule has 0 saturated carbocycles. The number of nitriles is 1. The topological polar surface area (TPSA) is 48.7 Å². The van der Waals surface area contributed by atoms with Crippen molar-refractivity contribution in [2.45, 2.75) is 0 Å². The van der Waals surface area contributed by atoms with Crippen molar-refractivity contribution in [1.29, 1.82) is 5.26 Å². The van der Waals surface area contributed by atoms with E-state index in [1.165, 1.54) is 0 Å². The smallest absolute Gasteiger partial charge is 0.131 e. The first-order valence-electron chi connectivity index (χ1n) is 4.77. The lowest BCUT2D eigenvalue weighted by molar-refractivity contribution is 1.32. The number of aromatic nitrogens is 1. The molecule has 0 radical (unpaired) electrons. The summed E-state index contributed by atoms with van der Waals surface area (Å²) in [6.45, 7) is 0. The number of benzene rings is 1. The average Bonchev–Trinajstić information content (AvgIpc) is 2.32. The summed E-state index contributed by atoms with van der Waals surface area (Å²) in [4.78, 5) is 3.90. The van der Waals surface area contributed by atoms with E-state index < -0.39 is 0 Å². The van der Waals surface area contributed by atoms with E-state index in [2.05, 4.69) is 32.3 Å². The molecule has 0 unspecified atom stereocenters. The zero-order valence-electron chi connectivity index (χ0n) is 8.61. The summed E-state index contributed by atoms with van der Waals surface area (Å²) in [6, 6.07) is 11.0. The summed E-state index contributed by atoms with van der Waals surface area (Å²) in [5.41, 5.74) is 2.32. The molecule has 0 aliphatic carbocycles. The first-order valence-corrected chi connectivity index (χ1v) is 5.94. The van der Waals surface area contributed by atoms with Crippen LogP contribution in [0.15, 0.2) is 41.0 Å². The van der Waals surface area contributed by atoms with Gasteiger partial charge < -0.3 is 5.32 Å². The van der Waals surface area contributed by atoms with E-state index in [-0.39, 0.29) is 0 Å². The third kappa shape index (κ3) is 2.96. The SMILES string of the molecule is N#Cc1ccc(Nc2ccnc(Cl)c2)c(Br)c1. The molecule has 0 spiro atoms. The Labute approximate surface area is 112 Å². The molecule has 2 rings (SSSR count). The molecule has 84 valence electrons. The van der Waals surface area contributed by atoms with Gasteiger partial charge in [0.25, 0.3) is 0 Å². The van der Waals surface area contributed by atoms with Crippen LogP contribution in [0.2, 0.25) is 5.15 Å². The predicted octanol–water partition coefficient (Wildman–Crippen LogP) is 4.11. The third-order valence-electron chi connectivity index (χ3n) is 2.10. The van der Waals surface area contributed by atoms with Gasteiger partial charge in [0.2, 0.25) is 0 Å². The fourth-order valence-electron chi connectivity index (χ4n) is 1.32. The summed E-state index contributed by atoms with van der Waals surface area (Å²) in [5, 5.41) is 12.4. The summed E-state index contributed by atoms with van der Waals surface area (Å²) in [7, 11) is 0. The number of hydrogen-bond acceptors (Lipinski definition) is 3. The molecular weight excluding hydrogens is 302 g/mol. The molecule has 0 aliphatic heterocycles. The van der Waals surface area contributed by atoms with Crippen LogP contribution >= 0.6 is 27.5 Å². The highest BCUT2D eigenvalue weighted by atomic mass is 79.9. The van der Waals surface area contributed by atoms with E-state index in [1.807, 2.05) is 12.1 Å². The summed E-state index contributed by atoms with van der Waals surface area (Å²) in [6.07, 6.45) is 1.63. The number of pyridine rings is 1. The lowest BCUT2D eigenvalue weighted by atomic mass is 10.2. The molecule has 0 saturated heterocycles. The van der Waals surface area contributed by atoms with Crippen LogP contribution in [0, 0.1) is 11.3 Å². The molecule has 2 aromatic rings. The van der Waals surface area contributed by atoms with Crippen LogP contribution < -0.4 is 5.32 Å². The minimum Gasteiger partial charge on any atom is -0.354 e. The van der Waals surface area contributed by atoms with E-state index >= 15 is 0 Å². The van der Waals surface area contributed by atoms with Crippen LogP contribution in [0.4, 0.5) is 11.4 Å². The van der Waals surface area contributed by atoms with Gasteiger partial charge in [-0.1, -0.05) is 11.6 Å². The Bertz CT molecular complexity index is 593. The molecule has 0 atom stereocenters. The predicted molar refractivity (Wildman–Crippen MR) is 71.4 cm³/mol. The maximum atomic E-state index is 8.76. The van der Waals surface area contributed by atoms with E-state index in [9.17, 15) is 0 Å². The Morgan fingerprint density at radius 2 is 2.12 bits per heavy atom. The molecule has 1 aromatic carbocycles. The van der Waals surface area contributed by atoms with Crippen molar-refractivity contribution in [1.82, 2.24) is 4.98 Å². The number of nitrogens with one attached hydrogen (secondary N) is 1. The maximum Gasteiger partial charge on any atom is 0.131 e. The second-order valence-electron chi connectivity index (χ2n) is 3.30. The van der Waals surface area contributed by atoms with Gasteiger partial charge in [0.15, 0.2) is 0 Å². The van der Waals surface area contributed by atoms with Gasteiger partial charge in [-0.25, -0.2) is 4.98 Å². The van der Waals surface area contributed by atoms with Crippen molar-refractivity contribution in [3.8, 4) is 6.07 Å². The molecule has 17 heavy (non-hydrogen) atoms. The molecule has 1 N–H and O–H groups in total. The fourth-order valence-corrected chi connectivity index (χ4v) is 1.97. The van der Waals surface area contributed by atoms with Crippen molar-refractivity contribution in [2.75, 3.05) is 5.32 Å². The van der Waals surface area contributed by atoms with Crippen molar-refractivity contribution in [3.05, 3.63) is 51.7 Å². The van der Waals surface area contributed by atoms with Crippen LogP contribution in [-0.2, 0) is 0 Å². The molecule has 5 heteroatoms. The van der Waals surface area contributed by atoms with Gasteiger partial charge >= 0.3 is 0 Å². The quantitative estimate of drug-likeness (QED) is 0.849. The first-order chi connectivity index (χ1) is 8.19. The van der Waals surface area contributed by atoms with Crippen molar-refractivity contribution in [3.63, 3.8) is 0 Å². The average molecular weight is 309 g/mol. The van der Waals surface area contributed by atoms with Crippen LogP contribution in [0.25, 0.3) is 0 Å². The normalized spacial score (nSPS) is 9.71. The van der Waals surface area contributed by atoms with E-state index in [1.54, 1.807) is 24.4 Å². The van der Waals surface area contributed by atoms with Crippen molar-refractivity contribution < 1.29 is 0 Å². The Morgan fingerprint density at radius 1 is 1.29 bits per heavy atom. The summed E-state index contributed by atoms with van der Waals surface area (Å²) < 4.78 is 0.824. The molecule has 0 amide bonds. The minimum absolute atomic E-state index is 0.430. The standard InChI is InChI=1S/C12H7BrClN3/c13-10-5-8(7-15)1-2-11(10)17-9-3-4-16-12(14)6-9/h1-6H,(H,16,17). The van der Waals surface area contributed by atoms with Crippen molar-refractivity contribution >= 4 is 38.9 Å². The molecule has 0 bridgehead atoms. The highest BCUT2D eigenvalue weighted by molar-refractivity contribution is 9.10. The number of rotatable bonds is 2.